The molecule has 3 heterocycles. The van der Waals surface area contributed by atoms with E-state index in [0.717, 1.165) is 6.42 Å². The summed E-state index contributed by atoms with van der Waals surface area (Å²) < 4.78 is 0. The summed E-state index contributed by atoms with van der Waals surface area (Å²) >= 11 is 0. The molecule has 0 unspecified atom stereocenters. The lowest BCUT2D eigenvalue weighted by atomic mass is 10.00. The van der Waals surface area contributed by atoms with E-state index in [-0.39, 0.29) is 0 Å². The van der Waals surface area contributed by atoms with Crippen molar-refractivity contribution in [3.8, 4) is 0 Å². The van der Waals surface area contributed by atoms with Crippen LogP contribution < -0.4 is 10.7 Å². The molecule has 0 atom stereocenters. The Labute approximate surface area is 95.0 Å². The first-order valence-electron chi connectivity index (χ1n) is 6.28. The minimum absolute atomic E-state index is 1.12. The number of aromatic amines is 1. The molecule has 0 aromatic carbocycles. The molecule has 82 valence electrons. The van der Waals surface area contributed by atoms with Gasteiger partial charge in [-0.2, -0.15) is 0 Å². The van der Waals surface area contributed by atoms with Gasteiger partial charge < -0.3 is 9.88 Å². The van der Waals surface area contributed by atoms with Crippen LogP contribution in [0.1, 0.15) is 24.0 Å². The molecule has 16 heavy (non-hydrogen) atoms. The van der Waals surface area contributed by atoms with Crippen LogP contribution in [0, 0.1) is 0 Å². The molecule has 0 amide bonds. The Hall–Kier alpha value is -1.44. The van der Waals surface area contributed by atoms with E-state index in [1.54, 1.807) is 16.8 Å². The van der Waals surface area contributed by atoms with Crippen molar-refractivity contribution in [2.45, 2.75) is 25.7 Å². The van der Waals surface area contributed by atoms with Crippen LogP contribution in [-0.4, -0.2) is 23.0 Å². The van der Waals surface area contributed by atoms with Crippen LogP contribution in [0.25, 0.3) is 11.8 Å². The van der Waals surface area contributed by atoms with Crippen LogP contribution in [-0.2, 0) is 12.8 Å². The molecule has 3 aliphatic rings. The molecular weight excluding hydrogens is 196 g/mol. The molecule has 1 aromatic heterocycles. The number of nitrogens with one attached hydrogen (secondary N) is 1. The van der Waals surface area contributed by atoms with Gasteiger partial charge in [0.25, 0.3) is 0 Å². The Morgan fingerprint density at radius 1 is 1.12 bits per heavy atom. The van der Waals surface area contributed by atoms with Gasteiger partial charge in [-0.15, -0.1) is 0 Å². The molecule has 1 saturated heterocycles. The summed E-state index contributed by atoms with van der Waals surface area (Å²) in [4.78, 5) is 6.21. The fourth-order valence-electron chi connectivity index (χ4n) is 3.35. The SMILES string of the molecule is C1=CCc2c3c([nH]c2=C1)=C1CCCN1CC3. The predicted octanol–water partition coefficient (Wildman–Crippen LogP) is 0.668. The molecule has 0 bridgehead atoms. The highest BCUT2D eigenvalue weighted by Gasteiger charge is 2.25. The summed E-state index contributed by atoms with van der Waals surface area (Å²) in [5.74, 6) is 0. The first-order valence-corrected chi connectivity index (χ1v) is 6.28. The Morgan fingerprint density at radius 3 is 3.12 bits per heavy atom. The van der Waals surface area contributed by atoms with E-state index in [9.17, 15) is 0 Å². The number of rotatable bonds is 0. The van der Waals surface area contributed by atoms with Crippen LogP contribution in [0.4, 0.5) is 0 Å². The van der Waals surface area contributed by atoms with E-state index in [2.05, 4.69) is 28.1 Å². The minimum atomic E-state index is 1.12. The van der Waals surface area contributed by atoms with Crippen LogP contribution in [0.2, 0.25) is 0 Å². The lowest BCUT2D eigenvalue weighted by Crippen LogP contribution is -2.32. The molecule has 2 heteroatoms. The van der Waals surface area contributed by atoms with Gasteiger partial charge in [-0.05, 0) is 42.9 Å². The average molecular weight is 212 g/mol. The van der Waals surface area contributed by atoms with Crippen molar-refractivity contribution >= 4 is 11.8 Å². The van der Waals surface area contributed by atoms with Crippen molar-refractivity contribution in [3.05, 3.63) is 34.0 Å². The van der Waals surface area contributed by atoms with Crippen molar-refractivity contribution in [1.29, 1.82) is 0 Å². The van der Waals surface area contributed by atoms with Gasteiger partial charge in [-0.3, -0.25) is 0 Å². The monoisotopic (exact) mass is 212 g/mol. The Morgan fingerprint density at radius 2 is 2.12 bits per heavy atom. The first-order chi connectivity index (χ1) is 7.93. The number of H-pyrrole nitrogens is 1. The summed E-state index contributed by atoms with van der Waals surface area (Å²) in [6.45, 7) is 2.50. The summed E-state index contributed by atoms with van der Waals surface area (Å²) in [7, 11) is 0. The molecule has 4 rings (SSSR count). The van der Waals surface area contributed by atoms with Gasteiger partial charge >= 0.3 is 0 Å². The molecular formula is C14H16N2. The van der Waals surface area contributed by atoms with Gasteiger partial charge in [0.2, 0.25) is 0 Å². The van der Waals surface area contributed by atoms with Gasteiger partial charge in [-0.25, -0.2) is 0 Å². The second-order valence-electron chi connectivity index (χ2n) is 4.96. The van der Waals surface area contributed by atoms with Gasteiger partial charge in [0.1, 0.15) is 0 Å². The zero-order chi connectivity index (χ0) is 10.5. The third-order valence-electron chi connectivity index (χ3n) is 4.12. The lowest BCUT2D eigenvalue weighted by Gasteiger charge is -2.24. The number of fused-ring (bicyclic) bond motifs is 4. The van der Waals surface area contributed by atoms with Crippen molar-refractivity contribution in [3.63, 3.8) is 0 Å². The molecule has 1 fully saturated rings. The second kappa shape index (κ2) is 3.03. The van der Waals surface area contributed by atoms with E-state index in [0.29, 0.717) is 0 Å². The van der Waals surface area contributed by atoms with Gasteiger partial charge in [-0.1, -0.05) is 12.2 Å². The smallest absolute Gasteiger partial charge is 0.0616 e. The number of allylic oxidation sites excluding steroid dienone is 2. The largest absolute Gasteiger partial charge is 0.373 e. The van der Waals surface area contributed by atoms with Gasteiger partial charge in [0, 0.05) is 24.1 Å². The van der Waals surface area contributed by atoms with Crippen molar-refractivity contribution in [2.24, 2.45) is 0 Å². The molecule has 2 nitrogen and oxygen atoms in total. The highest BCUT2D eigenvalue weighted by atomic mass is 15.2. The molecule has 0 radical (unpaired) electrons. The maximum atomic E-state index is 3.64. The summed E-state index contributed by atoms with van der Waals surface area (Å²) in [6.07, 6.45) is 11.6. The maximum Gasteiger partial charge on any atom is 0.0616 e. The lowest BCUT2D eigenvalue weighted by molar-refractivity contribution is 0.426. The average Bonchev–Trinajstić information content (AvgIpc) is 2.92. The van der Waals surface area contributed by atoms with Crippen molar-refractivity contribution in [2.75, 3.05) is 13.1 Å². The summed E-state index contributed by atoms with van der Waals surface area (Å²) in [6, 6.07) is 0. The maximum absolute atomic E-state index is 3.64. The van der Waals surface area contributed by atoms with E-state index < -0.39 is 0 Å². The summed E-state index contributed by atoms with van der Waals surface area (Å²) in [5.41, 5.74) is 4.73. The van der Waals surface area contributed by atoms with Crippen LogP contribution in [0.5, 0.6) is 0 Å². The van der Waals surface area contributed by atoms with Gasteiger partial charge in [0.15, 0.2) is 0 Å². The van der Waals surface area contributed by atoms with Crippen LogP contribution >= 0.6 is 0 Å². The molecule has 2 aliphatic heterocycles. The summed E-state index contributed by atoms with van der Waals surface area (Å²) in [5, 5.41) is 2.81. The third-order valence-corrected chi connectivity index (χ3v) is 4.12. The fraction of sp³-hybridized carbons (Fsp3) is 0.429. The zero-order valence-electron chi connectivity index (χ0n) is 9.42. The predicted molar refractivity (Wildman–Crippen MR) is 65.3 cm³/mol. The third kappa shape index (κ3) is 1.02. The zero-order valence-corrected chi connectivity index (χ0v) is 9.42. The quantitative estimate of drug-likeness (QED) is 0.669. The number of nitrogens with zero attached hydrogens (tertiary/aromatic N) is 1. The highest BCUT2D eigenvalue weighted by molar-refractivity contribution is 5.53. The van der Waals surface area contributed by atoms with Crippen molar-refractivity contribution < 1.29 is 0 Å². The molecule has 1 aliphatic carbocycles. The number of hydrogen-bond donors (Lipinski definition) is 1. The van der Waals surface area contributed by atoms with Crippen LogP contribution in [0.15, 0.2) is 12.2 Å². The van der Waals surface area contributed by atoms with E-state index in [1.807, 2.05) is 0 Å². The van der Waals surface area contributed by atoms with Crippen molar-refractivity contribution in [1.82, 2.24) is 9.88 Å². The topological polar surface area (TPSA) is 19.0 Å². The Kier molecular flexibility index (Phi) is 1.65. The van der Waals surface area contributed by atoms with E-state index in [1.165, 1.54) is 43.1 Å². The Balaban J connectivity index is 2.07. The van der Waals surface area contributed by atoms with Crippen LogP contribution in [0.3, 0.4) is 0 Å². The molecule has 0 spiro atoms. The number of aromatic nitrogens is 1. The fourth-order valence-corrected chi connectivity index (χ4v) is 3.35. The Bertz CT molecular complexity index is 589. The molecule has 1 aromatic rings. The second-order valence-corrected chi connectivity index (χ2v) is 4.96. The van der Waals surface area contributed by atoms with Gasteiger partial charge in [0.05, 0.1) is 5.35 Å². The first kappa shape index (κ1) is 8.68. The van der Waals surface area contributed by atoms with E-state index >= 15 is 0 Å². The normalized spacial score (nSPS) is 21.5. The molecule has 1 N–H and O–H groups in total. The minimum Gasteiger partial charge on any atom is -0.373 e. The van der Waals surface area contributed by atoms with E-state index in [4.69, 9.17) is 0 Å². The molecule has 0 saturated carbocycles. The number of hydrogen-bond acceptors (Lipinski definition) is 1. The standard InChI is InChI=1S/C14H16N2/c1-2-5-12-10(4-1)11-7-9-16-8-3-6-13(16)14(11)15-12/h1-2,5,15H,3-4,6-9H2. The highest BCUT2D eigenvalue weighted by Crippen LogP contribution is 2.24.